The lowest BCUT2D eigenvalue weighted by atomic mass is 9.93. The molecule has 0 aliphatic carbocycles. The molecular formula is C28H25N7S. The maximum atomic E-state index is 4.93. The molecule has 0 bridgehead atoms. The summed E-state index contributed by atoms with van der Waals surface area (Å²) in [5, 5.41) is 14.2. The first-order valence-electron chi connectivity index (χ1n) is 11.6. The zero-order valence-corrected chi connectivity index (χ0v) is 21.1. The van der Waals surface area contributed by atoms with Gasteiger partial charge in [-0.2, -0.15) is 5.10 Å². The van der Waals surface area contributed by atoms with E-state index in [1.807, 2.05) is 30.7 Å². The smallest absolute Gasteiger partial charge is 0.159 e. The molecule has 6 rings (SSSR count). The van der Waals surface area contributed by atoms with Gasteiger partial charge >= 0.3 is 0 Å². The second-order valence-corrected chi connectivity index (χ2v) is 10.7. The molecular weight excluding hydrogens is 466 g/mol. The molecule has 3 N–H and O–H groups in total. The van der Waals surface area contributed by atoms with Gasteiger partial charge in [-0.1, -0.05) is 39.5 Å². The van der Waals surface area contributed by atoms with E-state index in [2.05, 4.69) is 87.5 Å². The molecule has 0 radical (unpaired) electrons. The number of imidazole rings is 1. The molecule has 8 heteroatoms. The topological polar surface area (TPSA) is 95.2 Å². The Balaban J connectivity index is 1.40. The van der Waals surface area contributed by atoms with Crippen LogP contribution in [0.25, 0.3) is 55.0 Å². The van der Waals surface area contributed by atoms with Crippen molar-refractivity contribution in [3.8, 4) is 33.1 Å². The highest BCUT2D eigenvalue weighted by Gasteiger charge is 2.17. The van der Waals surface area contributed by atoms with Crippen molar-refractivity contribution in [3.05, 3.63) is 78.8 Å². The molecule has 0 saturated heterocycles. The molecule has 0 unspecified atom stereocenters. The summed E-state index contributed by atoms with van der Waals surface area (Å²) in [6.07, 6.45) is 7.35. The van der Waals surface area contributed by atoms with E-state index in [-0.39, 0.29) is 5.41 Å². The summed E-state index contributed by atoms with van der Waals surface area (Å²) in [6.45, 7) is 10.6. The lowest BCUT2D eigenvalue weighted by molar-refractivity contribution is 0.509. The van der Waals surface area contributed by atoms with E-state index in [1.54, 1.807) is 17.5 Å². The van der Waals surface area contributed by atoms with E-state index in [0.717, 1.165) is 60.6 Å². The number of H-pyrrole nitrogens is 2. The molecule has 0 amide bonds. The zero-order valence-electron chi connectivity index (χ0n) is 20.3. The lowest BCUT2D eigenvalue weighted by Gasteiger charge is -2.23. The van der Waals surface area contributed by atoms with Gasteiger partial charge in [-0.3, -0.25) is 15.1 Å². The van der Waals surface area contributed by atoms with Crippen LogP contribution in [0.3, 0.4) is 0 Å². The molecule has 0 aliphatic heterocycles. The molecule has 5 heterocycles. The van der Waals surface area contributed by atoms with Gasteiger partial charge < -0.3 is 10.3 Å². The van der Waals surface area contributed by atoms with Gasteiger partial charge in [-0.15, -0.1) is 11.3 Å². The van der Waals surface area contributed by atoms with E-state index in [0.29, 0.717) is 5.82 Å². The third kappa shape index (κ3) is 3.95. The second kappa shape index (κ2) is 8.42. The van der Waals surface area contributed by atoms with Crippen molar-refractivity contribution in [1.29, 1.82) is 0 Å². The van der Waals surface area contributed by atoms with Crippen LogP contribution in [0.15, 0.2) is 78.8 Å². The third-order valence-corrected chi connectivity index (χ3v) is 7.14. The van der Waals surface area contributed by atoms with Gasteiger partial charge in [0.1, 0.15) is 11.2 Å². The number of aromatic amines is 2. The molecule has 36 heavy (non-hydrogen) atoms. The summed E-state index contributed by atoms with van der Waals surface area (Å²) in [4.78, 5) is 18.3. The number of hydrogen-bond acceptors (Lipinski definition) is 6. The minimum absolute atomic E-state index is 0.0495. The molecule has 0 spiro atoms. The van der Waals surface area contributed by atoms with Crippen molar-refractivity contribution in [3.63, 3.8) is 0 Å². The number of rotatable bonds is 5. The van der Waals surface area contributed by atoms with E-state index in [9.17, 15) is 0 Å². The Labute approximate surface area is 212 Å². The summed E-state index contributed by atoms with van der Waals surface area (Å²) < 4.78 is 0. The van der Waals surface area contributed by atoms with Crippen LogP contribution in [0, 0.1) is 5.41 Å². The predicted molar refractivity (Wildman–Crippen MR) is 148 cm³/mol. The summed E-state index contributed by atoms with van der Waals surface area (Å²) in [5.41, 5.74) is 8.33. The first-order chi connectivity index (χ1) is 17.4. The Morgan fingerprint density at radius 2 is 1.83 bits per heavy atom. The number of allylic oxidation sites excluding steroid dienone is 1. The number of nitrogens with zero attached hydrogens (tertiary/aromatic N) is 4. The minimum atomic E-state index is -0.0495. The van der Waals surface area contributed by atoms with Gasteiger partial charge in [0, 0.05) is 44.9 Å². The highest BCUT2D eigenvalue weighted by Crippen LogP contribution is 2.34. The van der Waals surface area contributed by atoms with Crippen molar-refractivity contribution in [1.82, 2.24) is 30.1 Å². The fourth-order valence-electron chi connectivity index (χ4n) is 4.06. The molecule has 5 aromatic heterocycles. The van der Waals surface area contributed by atoms with Crippen LogP contribution < -0.4 is 5.32 Å². The van der Waals surface area contributed by atoms with Crippen molar-refractivity contribution < 1.29 is 0 Å². The van der Waals surface area contributed by atoms with Crippen LogP contribution in [0.1, 0.15) is 20.8 Å². The van der Waals surface area contributed by atoms with Crippen LogP contribution in [-0.4, -0.2) is 30.1 Å². The molecule has 7 nitrogen and oxygen atoms in total. The van der Waals surface area contributed by atoms with Gasteiger partial charge in [0.05, 0.1) is 29.1 Å². The molecule has 178 valence electrons. The number of thiophene rings is 1. The zero-order chi connectivity index (χ0) is 24.9. The van der Waals surface area contributed by atoms with Gasteiger partial charge in [0.15, 0.2) is 5.82 Å². The molecule has 0 aliphatic rings. The SMILES string of the molecule is C=C(Nc1cncc(-c2ccc3[nH]nc(-c4nc5c(-c6cccs6)cncc5[nH]4)c3c2)c1)C(C)(C)C. The number of fused-ring (bicyclic) bond motifs is 2. The number of benzene rings is 1. The Hall–Kier alpha value is -4.30. The van der Waals surface area contributed by atoms with Crippen molar-refractivity contribution in [2.24, 2.45) is 5.41 Å². The summed E-state index contributed by atoms with van der Waals surface area (Å²) in [6, 6.07) is 12.4. The Morgan fingerprint density at radius 3 is 2.64 bits per heavy atom. The second-order valence-electron chi connectivity index (χ2n) is 9.79. The van der Waals surface area contributed by atoms with Gasteiger partial charge in [0.25, 0.3) is 0 Å². The normalized spacial score (nSPS) is 11.9. The summed E-state index contributed by atoms with van der Waals surface area (Å²) in [7, 11) is 0. The van der Waals surface area contributed by atoms with Crippen LogP contribution in [0.2, 0.25) is 0 Å². The van der Waals surface area contributed by atoms with Gasteiger partial charge in [0.2, 0.25) is 0 Å². The molecule has 1 aromatic carbocycles. The number of nitrogens with one attached hydrogen (secondary N) is 3. The third-order valence-electron chi connectivity index (χ3n) is 6.24. The number of anilines is 1. The first kappa shape index (κ1) is 22.2. The Kier molecular flexibility index (Phi) is 5.19. The van der Waals surface area contributed by atoms with Crippen LogP contribution in [-0.2, 0) is 0 Å². The van der Waals surface area contributed by atoms with E-state index in [1.165, 1.54) is 0 Å². The summed E-state index contributed by atoms with van der Waals surface area (Å²) in [5.74, 6) is 0.703. The fourth-order valence-corrected chi connectivity index (χ4v) is 4.80. The summed E-state index contributed by atoms with van der Waals surface area (Å²) >= 11 is 1.67. The van der Waals surface area contributed by atoms with Crippen LogP contribution in [0.4, 0.5) is 5.69 Å². The monoisotopic (exact) mass is 491 g/mol. The van der Waals surface area contributed by atoms with Gasteiger partial charge in [-0.05, 0) is 35.2 Å². The van der Waals surface area contributed by atoms with Crippen LogP contribution >= 0.6 is 11.3 Å². The van der Waals surface area contributed by atoms with Crippen LogP contribution in [0.5, 0.6) is 0 Å². The number of pyridine rings is 2. The largest absolute Gasteiger partial charge is 0.358 e. The molecule has 0 atom stereocenters. The van der Waals surface area contributed by atoms with Crippen molar-refractivity contribution in [2.75, 3.05) is 5.32 Å². The Bertz CT molecular complexity index is 1720. The van der Waals surface area contributed by atoms with E-state index in [4.69, 9.17) is 4.98 Å². The van der Waals surface area contributed by atoms with E-state index >= 15 is 0 Å². The fraction of sp³-hybridized carbons (Fsp3) is 0.143. The minimum Gasteiger partial charge on any atom is -0.358 e. The lowest BCUT2D eigenvalue weighted by Crippen LogP contribution is -2.15. The predicted octanol–water partition coefficient (Wildman–Crippen LogP) is 7.26. The van der Waals surface area contributed by atoms with Gasteiger partial charge in [-0.25, -0.2) is 4.98 Å². The highest BCUT2D eigenvalue weighted by atomic mass is 32.1. The van der Waals surface area contributed by atoms with Crippen molar-refractivity contribution >= 4 is 39.0 Å². The van der Waals surface area contributed by atoms with E-state index < -0.39 is 0 Å². The molecule has 0 saturated carbocycles. The maximum absolute atomic E-state index is 4.93. The molecule has 6 aromatic rings. The average Bonchev–Trinajstić information content (AvgIpc) is 3.62. The maximum Gasteiger partial charge on any atom is 0.159 e. The Morgan fingerprint density at radius 1 is 0.972 bits per heavy atom. The molecule has 0 fully saturated rings. The van der Waals surface area contributed by atoms with Crippen molar-refractivity contribution in [2.45, 2.75) is 20.8 Å². The quantitative estimate of drug-likeness (QED) is 0.236. The highest BCUT2D eigenvalue weighted by molar-refractivity contribution is 7.13. The standard InChI is InChI=1S/C28H25N7S/c1-16(28(2,3)4)31-19-10-18(12-29-13-19)17-7-8-22-20(11-17)26(35-34-22)27-32-23-15-30-14-21(25(23)33-27)24-6-5-9-36-24/h5-15,31H,1H2,2-4H3,(H,32,33)(H,34,35). The first-order valence-corrected chi connectivity index (χ1v) is 12.5. The number of aromatic nitrogens is 6. The number of hydrogen-bond donors (Lipinski definition) is 3. The average molecular weight is 492 g/mol.